The van der Waals surface area contributed by atoms with Crippen LogP contribution in [0.3, 0.4) is 0 Å². The standard InChI is InChI=1S/C2H3F3O.CHNS/c3-2(4,5)1-6;2-1-3/h6H,1H2;2H. The van der Waals surface area contributed by atoms with Crippen LogP contribution in [0.25, 0.3) is 0 Å². The molecule has 0 heterocycles. The van der Waals surface area contributed by atoms with Crippen molar-refractivity contribution >= 4 is 17.4 Å². The molecule has 0 atom stereocenters. The first-order valence-corrected chi connectivity index (χ1v) is 2.10. The number of isothiocyanates is 1. The van der Waals surface area contributed by atoms with Crippen molar-refractivity contribution in [3.05, 3.63) is 0 Å². The summed E-state index contributed by atoms with van der Waals surface area (Å²) >= 11 is 3.81. The van der Waals surface area contributed by atoms with Crippen molar-refractivity contribution in [2.75, 3.05) is 6.61 Å². The fourth-order valence-corrected chi connectivity index (χ4v) is 0. The van der Waals surface area contributed by atoms with Gasteiger partial charge in [0.2, 0.25) is 0 Å². The van der Waals surface area contributed by atoms with E-state index in [4.69, 9.17) is 10.5 Å². The van der Waals surface area contributed by atoms with Crippen molar-refractivity contribution in [3.8, 4) is 0 Å². The van der Waals surface area contributed by atoms with Crippen LogP contribution in [0.2, 0.25) is 0 Å². The Balaban J connectivity index is 0. The quantitative estimate of drug-likeness (QED) is 0.412. The maximum atomic E-state index is 10.5. The normalized spacial score (nSPS) is 8.89. The summed E-state index contributed by atoms with van der Waals surface area (Å²) in [6, 6.07) is 0. The Hall–Kier alpha value is -0.450. The van der Waals surface area contributed by atoms with Gasteiger partial charge >= 0.3 is 6.18 Å². The topological polar surface area (TPSA) is 44.1 Å². The van der Waals surface area contributed by atoms with E-state index in [0.29, 0.717) is 0 Å². The van der Waals surface area contributed by atoms with Crippen LogP contribution in [0, 0.1) is 5.41 Å². The van der Waals surface area contributed by atoms with Gasteiger partial charge in [-0.05, 0) is 12.2 Å². The molecular formula is C3H4F3NOS. The smallest absolute Gasteiger partial charge is 0.387 e. The van der Waals surface area contributed by atoms with E-state index in [1.807, 2.05) is 0 Å². The molecule has 0 rings (SSSR count). The van der Waals surface area contributed by atoms with E-state index in [9.17, 15) is 13.2 Å². The fourth-order valence-electron chi connectivity index (χ4n) is 0. The van der Waals surface area contributed by atoms with Crippen molar-refractivity contribution in [3.63, 3.8) is 0 Å². The third-order valence-corrected chi connectivity index (χ3v) is 0.179. The van der Waals surface area contributed by atoms with Crippen molar-refractivity contribution in [1.29, 1.82) is 5.41 Å². The monoisotopic (exact) mass is 159 g/mol. The van der Waals surface area contributed by atoms with Crippen LogP contribution < -0.4 is 0 Å². The third-order valence-electron chi connectivity index (χ3n) is 0.179. The van der Waals surface area contributed by atoms with Gasteiger partial charge in [-0.15, -0.1) is 0 Å². The second-order valence-corrected chi connectivity index (χ2v) is 1.08. The van der Waals surface area contributed by atoms with Gasteiger partial charge in [-0.25, -0.2) is 5.41 Å². The molecule has 0 unspecified atom stereocenters. The number of nitrogens with one attached hydrogen (secondary N) is 1. The van der Waals surface area contributed by atoms with Crippen molar-refractivity contribution in [2.45, 2.75) is 6.18 Å². The minimum absolute atomic E-state index is 1.58. The van der Waals surface area contributed by atoms with Crippen molar-refractivity contribution in [2.24, 2.45) is 0 Å². The van der Waals surface area contributed by atoms with Crippen LogP contribution >= 0.6 is 12.2 Å². The molecule has 0 bridgehead atoms. The molecule has 0 aliphatic carbocycles. The Morgan fingerprint density at radius 2 is 1.67 bits per heavy atom. The summed E-state index contributed by atoms with van der Waals surface area (Å²) in [5.41, 5.74) is 0. The Morgan fingerprint density at radius 3 is 1.67 bits per heavy atom. The molecule has 54 valence electrons. The lowest BCUT2D eigenvalue weighted by molar-refractivity contribution is -0.159. The van der Waals surface area contributed by atoms with E-state index in [0.717, 1.165) is 0 Å². The van der Waals surface area contributed by atoms with Gasteiger partial charge in [0.15, 0.2) is 0 Å². The zero-order valence-corrected chi connectivity index (χ0v) is 5.01. The van der Waals surface area contributed by atoms with Gasteiger partial charge in [0, 0.05) is 0 Å². The first-order chi connectivity index (χ1) is 3.97. The lowest BCUT2D eigenvalue weighted by Crippen LogP contribution is -2.12. The van der Waals surface area contributed by atoms with Gasteiger partial charge in [0.1, 0.15) is 6.61 Å². The second kappa shape index (κ2) is 5.68. The largest absolute Gasteiger partial charge is 0.411 e. The number of alkyl halides is 3. The summed E-state index contributed by atoms with van der Waals surface area (Å²) in [4.78, 5) is 0. The fraction of sp³-hybridized carbons (Fsp3) is 0.667. The predicted octanol–water partition coefficient (Wildman–Crippen LogP) is 1.21. The van der Waals surface area contributed by atoms with Crippen LogP contribution in [-0.2, 0) is 0 Å². The van der Waals surface area contributed by atoms with Gasteiger partial charge in [-0.1, -0.05) is 0 Å². The minimum Gasteiger partial charge on any atom is -0.387 e. The number of aliphatic hydroxyl groups is 1. The molecular weight excluding hydrogens is 155 g/mol. The molecule has 0 spiro atoms. The first kappa shape index (κ1) is 11.4. The second-order valence-electron chi connectivity index (χ2n) is 0.875. The number of rotatable bonds is 0. The summed E-state index contributed by atoms with van der Waals surface area (Å²) in [6.45, 7) is -1.73. The highest BCUT2D eigenvalue weighted by atomic mass is 32.1. The lowest BCUT2D eigenvalue weighted by atomic mass is 10.7. The van der Waals surface area contributed by atoms with Crippen molar-refractivity contribution in [1.82, 2.24) is 0 Å². The Morgan fingerprint density at radius 1 is 1.56 bits per heavy atom. The highest BCUT2D eigenvalue weighted by Crippen LogP contribution is 2.11. The van der Waals surface area contributed by atoms with Gasteiger partial charge in [-0.3, -0.25) is 0 Å². The van der Waals surface area contributed by atoms with Crippen LogP contribution in [-0.4, -0.2) is 23.1 Å². The molecule has 0 amide bonds. The minimum atomic E-state index is -4.40. The molecule has 0 saturated heterocycles. The Labute approximate surface area is 54.8 Å². The molecule has 2 nitrogen and oxygen atoms in total. The molecule has 0 saturated carbocycles. The van der Waals surface area contributed by atoms with Crippen LogP contribution in [0.5, 0.6) is 0 Å². The zero-order valence-electron chi connectivity index (χ0n) is 4.20. The molecule has 0 aromatic carbocycles. The van der Waals surface area contributed by atoms with E-state index >= 15 is 0 Å². The number of hydrogen-bond acceptors (Lipinski definition) is 3. The molecule has 6 heteroatoms. The summed E-state index contributed by atoms with van der Waals surface area (Å²) in [5, 5.41) is 14.6. The Bertz CT molecular complexity index is 95.7. The molecule has 2 N–H and O–H groups in total. The van der Waals surface area contributed by atoms with E-state index < -0.39 is 12.8 Å². The maximum absolute atomic E-state index is 10.5. The number of hydrogen-bond donors (Lipinski definition) is 2. The van der Waals surface area contributed by atoms with Gasteiger partial charge in [0.25, 0.3) is 0 Å². The van der Waals surface area contributed by atoms with Crippen LogP contribution in [0.4, 0.5) is 13.2 Å². The number of aliphatic hydroxyl groups excluding tert-OH is 1. The molecule has 0 aromatic rings. The van der Waals surface area contributed by atoms with Gasteiger partial charge < -0.3 is 5.11 Å². The average molecular weight is 159 g/mol. The number of halogens is 3. The molecule has 0 aromatic heterocycles. The van der Waals surface area contributed by atoms with E-state index in [-0.39, 0.29) is 0 Å². The maximum Gasteiger partial charge on any atom is 0.411 e. The third kappa shape index (κ3) is 35.8. The highest BCUT2D eigenvalue weighted by molar-refractivity contribution is 7.78. The molecule has 0 aliphatic heterocycles. The summed E-state index contributed by atoms with van der Waals surface area (Å²) < 4.78 is 31.6. The Kier molecular flexibility index (Phi) is 7.17. The summed E-state index contributed by atoms with van der Waals surface area (Å²) in [6.07, 6.45) is -4.40. The van der Waals surface area contributed by atoms with E-state index in [1.54, 1.807) is 5.16 Å². The van der Waals surface area contributed by atoms with Gasteiger partial charge in [-0.2, -0.15) is 13.2 Å². The average Bonchev–Trinajstić information content (AvgIpc) is 1.67. The predicted molar refractivity (Wildman–Crippen MR) is 28.5 cm³/mol. The molecule has 0 aliphatic rings. The first-order valence-electron chi connectivity index (χ1n) is 1.69. The van der Waals surface area contributed by atoms with E-state index in [1.165, 1.54) is 0 Å². The lowest BCUT2D eigenvalue weighted by Gasteiger charge is -1.95. The zero-order chi connectivity index (χ0) is 7.91. The molecule has 0 radical (unpaired) electrons. The molecule has 0 fully saturated rings. The van der Waals surface area contributed by atoms with Crippen molar-refractivity contribution < 1.29 is 18.3 Å². The van der Waals surface area contributed by atoms with Crippen LogP contribution in [0.15, 0.2) is 0 Å². The van der Waals surface area contributed by atoms with Crippen LogP contribution in [0.1, 0.15) is 0 Å². The highest BCUT2D eigenvalue weighted by Gasteiger charge is 2.24. The molecule has 9 heavy (non-hydrogen) atoms. The van der Waals surface area contributed by atoms with Gasteiger partial charge in [0.05, 0.1) is 5.16 Å². The summed E-state index contributed by atoms with van der Waals surface area (Å²) in [5.74, 6) is 0. The van der Waals surface area contributed by atoms with E-state index in [2.05, 4.69) is 12.2 Å². The SMILES string of the molecule is N=C=S.OCC(F)(F)F. The summed E-state index contributed by atoms with van der Waals surface area (Å²) in [7, 11) is 0. The number of thiocarbonyl (C=S) groups is 1.